The Morgan fingerprint density at radius 3 is 2.84 bits per heavy atom. The van der Waals surface area contributed by atoms with Gasteiger partial charge in [0.15, 0.2) is 0 Å². The Morgan fingerprint density at radius 2 is 2.26 bits per heavy atom. The zero-order chi connectivity index (χ0) is 13.9. The molecule has 1 saturated heterocycles. The van der Waals surface area contributed by atoms with E-state index in [9.17, 15) is 9.59 Å². The third kappa shape index (κ3) is 3.14. The number of furan rings is 1. The smallest absolute Gasteiger partial charge is 0.371 e. The number of aromatic carboxylic acids is 1. The Hall–Kier alpha value is -1.82. The number of nitrogens with one attached hydrogen (secondary N) is 1. The normalized spacial score (nSPS) is 23.0. The maximum Gasteiger partial charge on any atom is 0.371 e. The Bertz CT molecular complexity index is 473. The quantitative estimate of drug-likeness (QED) is 0.861. The van der Waals surface area contributed by atoms with E-state index in [1.165, 1.54) is 6.07 Å². The van der Waals surface area contributed by atoms with Crippen LogP contribution in [0.25, 0.3) is 0 Å². The maximum atomic E-state index is 12.1. The molecule has 19 heavy (non-hydrogen) atoms. The molecule has 0 aromatic carbocycles. The number of hydrogen-bond acceptors (Lipinski definition) is 4. The molecule has 2 heterocycles. The summed E-state index contributed by atoms with van der Waals surface area (Å²) in [5, 5.41) is 11.5. The van der Waals surface area contributed by atoms with Gasteiger partial charge in [0.2, 0.25) is 11.7 Å². The average molecular weight is 267 g/mol. The van der Waals surface area contributed by atoms with E-state index in [0.717, 1.165) is 12.8 Å². The first-order valence-electron chi connectivity index (χ1n) is 6.19. The van der Waals surface area contributed by atoms with Crippen LogP contribution >= 0.6 is 0 Å². The van der Waals surface area contributed by atoms with Crippen molar-refractivity contribution in [2.45, 2.75) is 26.3 Å². The van der Waals surface area contributed by atoms with Gasteiger partial charge in [0.05, 0.1) is 18.6 Å². The van der Waals surface area contributed by atoms with Crippen LogP contribution in [0, 0.1) is 5.41 Å². The largest absolute Gasteiger partial charge is 0.475 e. The third-order valence-corrected chi connectivity index (χ3v) is 3.28. The van der Waals surface area contributed by atoms with Gasteiger partial charge in [-0.1, -0.05) is 0 Å². The van der Waals surface area contributed by atoms with Gasteiger partial charge in [0.1, 0.15) is 5.76 Å². The highest BCUT2D eigenvalue weighted by Gasteiger charge is 2.35. The Balaban J connectivity index is 1.90. The van der Waals surface area contributed by atoms with E-state index < -0.39 is 11.4 Å². The van der Waals surface area contributed by atoms with Gasteiger partial charge >= 0.3 is 5.97 Å². The van der Waals surface area contributed by atoms with Crippen molar-refractivity contribution >= 4 is 11.9 Å². The van der Waals surface area contributed by atoms with Crippen molar-refractivity contribution in [2.75, 3.05) is 13.2 Å². The van der Waals surface area contributed by atoms with E-state index in [2.05, 4.69) is 5.32 Å². The van der Waals surface area contributed by atoms with Crippen LogP contribution in [0.5, 0.6) is 0 Å². The number of carbonyl (C=O) groups excluding carboxylic acids is 1. The van der Waals surface area contributed by atoms with Crippen LogP contribution < -0.4 is 5.32 Å². The van der Waals surface area contributed by atoms with Gasteiger partial charge in [0.25, 0.3) is 0 Å². The summed E-state index contributed by atoms with van der Waals surface area (Å²) in [6, 6.07) is 2.92. The van der Waals surface area contributed by atoms with Crippen LogP contribution in [0.15, 0.2) is 16.5 Å². The predicted molar refractivity (Wildman–Crippen MR) is 65.7 cm³/mol. The number of carboxylic acid groups (broad SMARTS) is 1. The molecule has 2 rings (SSSR count). The van der Waals surface area contributed by atoms with Gasteiger partial charge in [-0.05, 0) is 31.9 Å². The Kier molecular flexibility index (Phi) is 3.90. The molecular weight excluding hydrogens is 250 g/mol. The Labute approximate surface area is 110 Å². The van der Waals surface area contributed by atoms with Crippen LogP contribution in [0.3, 0.4) is 0 Å². The lowest BCUT2D eigenvalue weighted by Gasteiger charge is -2.31. The van der Waals surface area contributed by atoms with Gasteiger partial charge in [0, 0.05) is 6.61 Å². The van der Waals surface area contributed by atoms with Gasteiger partial charge in [-0.3, -0.25) is 4.79 Å². The number of ether oxygens (including phenoxy) is 1. The van der Waals surface area contributed by atoms with E-state index >= 15 is 0 Å². The van der Waals surface area contributed by atoms with Crippen LogP contribution in [0.2, 0.25) is 0 Å². The summed E-state index contributed by atoms with van der Waals surface area (Å²) >= 11 is 0. The SMILES string of the molecule is CC1(C(=O)NCc2ccc(C(=O)O)o2)CCCOC1. The van der Waals surface area contributed by atoms with E-state index in [4.69, 9.17) is 14.3 Å². The maximum absolute atomic E-state index is 12.1. The second kappa shape index (κ2) is 5.44. The molecule has 1 amide bonds. The molecule has 1 aliphatic rings. The molecule has 6 nitrogen and oxygen atoms in total. The highest BCUT2D eigenvalue weighted by molar-refractivity contribution is 5.84. The second-order valence-electron chi connectivity index (χ2n) is 4.97. The van der Waals surface area contributed by atoms with Gasteiger partial charge < -0.3 is 19.6 Å². The van der Waals surface area contributed by atoms with Crippen molar-refractivity contribution in [1.29, 1.82) is 0 Å². The number of rotatable bonds is 4. The monoisotopic (exact) mass is 267 g/mol. The van der Waals surface area contributed by atoms with E-state index in [1.807, 2.05) is 6.92 Å². The topological polar surface area (TPSA) is 88.8 Å². The average Bonchev–Trinajstić information content (AvgIpc) is 2.85. The second-order valence-corrected chi connectivity index (χ2v) is 4.97. The van der Waals surface area contributed by atoms with Gasteiger partial charge in [-0.15, -0.1) is 0 Å². The highest BCUT2D eigenvalue weighted by atomic mass is 16.5. The minimum absolute atomic E-state index is 0.0968. The van der Waals surface area contributed by atoms with Crippen molar-refractivity contribution < 1.29 is 23.8 Å². The zero-order valence-corrected chi connectivity index (χ0v) is 10.8. The summed E-state index contributed by atoms with van der Waals surface area (Å²) in [5.41, 5.74) is -0.513. The van der Waals surface area contributed by atoms with Crippen molar-refractivity contribution in [3.8, 4) is 0 Å². The molecule has 0 bridgehead atoms. The molecule has 0 radical (unpaired) electrons. The van der Waals surface area contributed by atoms with Gasteiger partial charge in [-0.25, -0.2) is 4.79 Å². The first kappa shape index (κ1) is 13.6. The summed E-state index contributed by atoms with van der Waals surface area (Å²) in [6.07, 6.45) is 1.66. The lowest BCUT2D eigenvalue weighted by atomic mass is 9.84. The number of carbonyl (C=O) groups is 2. The molecule has 1 atom stereocenters. The molecule has 1 fully saturated rings. The zero-order valence-electron chi connectivity index (χ0n) is 10.8. The summed E-state index contributed by atoms with van der Waals surface area (Å²) in [6.45, 7) is 3.16. The lowest BCUT2D eigenvalue weighted by Crippen LogP contribution is -2.43. The molecule has 6 heteroatoms. The van der Waals surface area contributed by atoms with Crippen molar-refractivity contribution in [3.63, 3.8) is 0 Å². The number of carboxylic acids is 1. The molecule has 0 aliphatic carbocycles. The first-order chi connectivity index (χ1) is 9.01. The molecule has 104 valence electrons. The molecule has 1 aliphatic heterocycles. The molecule has 1 aromatic heterocycles. The summed E-state index contributed by atoms with van der Waals surface area (Å²) in [7, 11) is 0. The van der Waals surface area contributed by atoms with Crippen molar-refractivity contribution in [2.24, 2.45) is 5.41 Å². The van der Waals surface area contributed by atoms with E-state index in [0.29, 0.717) is 19.0 Å². The molecule has 0 saturated carbocycles. The standard InChI is InChI=1S/C13H17NO5/c1-13(5-2-6-18-8-13)12(17)14-7-9-3-4-10(19-9)11(15)16/h3-4H,2,5-8H2,1H3,(H,14,17)(H,15,16). The van der Waals surface area contributed by atoms with Crippen molar-refractivity contribution in [1.82, 2.24) is 5.32 Å². The van der Waals surface area contributed by atoms with Crippen LogP contribution in [-0.2, 0) is 16.1 Å². The summed E-state index contributed by atoms with van der Waals surface area (Å²) < 4.78 is 10.4. The fourth-order valence-electron chi connectivity index (χ4n) is 2.08. The van der Waals surface area contributed by atoms with Crippen molar-refractivity contribution in [3.05, 3.63) is 23.7 Å². The minimum Gasteiger partial charge on any atom is -0.475 e. The summed E-state index contributed by atoms with van der Waals surface area (Å²) in [4.78, 5) is 22.7. The predicted octanol–water partition coefficient (Wildman–Crippen LogP) is 1.41. The molecular formula is C13H17NO5. The fraction of sp³-hybridized carbons (Fsp3) is 0.538. The highest BCUT2D eigenvalue weighted by Crippen LogP contribution is 2.28. The van der Waals surface area contributed by atoms with Crippen LogP contribution in [0.1, 0.15) is 36.1 Å². The van der Waals surface area contributed by atoms with E-state index in [-0.39, 0.29) is 18.2 Å². The fourth-order valence-corrected chi connectivity index (χ4v) is 2.08. The Morgan fingerprint density at radius 1 is 1.47 bits per heavy atom. The number of hydrogen-bond donors (Lipinski definition) is 2. The van der Waals surface area contributed by atoms with Crippen LogP contribution in [0.4, 0.5) is 0 Å². The third-order valence-electron chi connectivity index (χ3n) is 3.28. The lowest BCUT2D eigenvalue weighted by molar-refractivity contribution is -0.137. The summed E-state index contributed by atoms with van der Waals surface area (Å²) in [5.74, 6) is -0.923. The number of amides is 1. The molecule has 0 spiro atoms. The van der Waals surface area contributed by atoms with E-state index in [1.54, 1.807) is 6.07 Å². The molecule has 2 N–H and O–H groups in total. The van der Waals surface area contributed by atoms with Crippen LogP contribution in [-0.4, -0.2) is 30.2 Å². The van der Waals surface area contributed by atoms with Gasteiger partial charge in [-0.2, -0.15) is 0 Å². The molecule has 1 aromatic rings. The first-order valence-corrected chi connectivity index (χ1v) is 6.19. The molecule has 1 unspecified atom stereocenters. The minimum atomic E-state index is -1.12.